The van der Waals surface area contributed by atoms with E-state index in [9.17, 15) is 4.79 Å². The number of rotatable bonds is 6. The highest BCUT2D eigenvalue weighted by atomic mass is 32.1. The van der Waals surface area contributed by atoms with Gasteiger partial charge in [0.15, 0.2) is 0 Å². The van der Waals surface area contributed by atoms with Crippen LogP contribution in [0.5, 0.6) is 0 Å². The predicted octanol–water partition coefficient (Wildman–Crippen LogP) is 2.75. The fourth-order valence-corrected chi connectivity index (χ4v) is 2.83. The first-order chi connectivity index (χ1) is 9.56. The fraction of sp³-hybridized carbons (Fsp3) is 0.400. The molecule has 0 aromatic carbocycles. The molecule has 0 aliphatic rings. The Kier molecular flexibility index (Phi) is 4.98. The van der Waals surface area contributed by atoms with E-state index in [4.69, 9.17) is 4.42 Å². The Hall–Kier alpha value is -1.59. The van der Waals surface area contributed by atoms with Crippen LogP contribution in [0.2, 0.25) is 0 Å². The van der Waals surface area contributed by atoms with Gasteiger partial charge in [-0.2, -0.15) is 0 Å². The number of amides is 1. The van der Waals surface area contributed by atoms with E-state index >= 15 is 0 Å². The van der Waals surface area contributed by atoms with E-state index in [1.165, 1.54) is 15.3 Å². The van der Waals surface area contributed by atoms with Crippen LogP contribution < -0.4 is 10.6 Å². The third-order valence-electron chi connectivity index (χ3n) is 3.21. The maximum absolute atomic E-state index is 11.9. The van der Waals surface area contributed by atoms with Gasteiger partial charge in [0.25, 0.3) is 0 Å². The maximum atomic E-state index is 11.9. The van der Waals surface area contributed by atoms with Gasteiger partial charge in [-0.25, -0.2) is 0 Å². The minimum absolute atomic E-state index is 0.0219. The van der Waals surface area contributed by atoms with Crippen LogP contribution in [0.15, 0.2) is 28.9 Å². The van der Waals surface area contributed by atoms with Gasteiger partial charge >= 0.3 is 0 Å². The van der Waals surface area contributed by atoms with Gasteiger partial charge in [-0.3, -0.25) is 4.79 Å². The molecule has 2 heterocycles. The third-order valence-corrected chi connectivity index (χ3v) is 4.36. The zero-order chi connectivity index (χ0) is 14.5. The van der Waals surface area contributed by atoms with Crippen molar-refractivity contribution in [3.8, 4) is 0 Å². The van der Waals surface area contributed by atoms with Crippen molar-refractivity contribution in [1.82, 2.24) is 10.6 Å². The molecule has 2 rings (SSSR count). The molecule has 0 aliphatic heterocycles. The van der Waals surface area contributed by atoms with Gasteiger partial charge in [-0.05, 0) is 44.5 Å². The summed E-state index contributed by atoms with van der Waals surface area (Å²) in [6.45, 7) is 7.23. The summed E-state index contributed by atoms with van der Waals surface area (Å²) in [6.07, 6.45) is 1.60. The smallest absolute Gasteiger partial charge is 0.237 e. The number of carbonyl (C=O) groups excluding carboxylic acids is 1. The first-order valence-electron chi connectivity index (χ1n) is 6.65. The number of carbonyl (C=O) groups is 1. The molecule has 2 aromatic rings. The Labute approximate surface area is 123 Å². The molecular formula is C15H20N2O2S. The van der Waals surface area contributed by atoms with E-state index in [-0.39, 0.29) is 11.9 Å². The molecule has 1 atom stereocenters. The maximum Gasteiger partial charge on any atom is 0.237 e. The second kappa shape index (κ2) is 6.72. The molecule has 4 nitrogen and oxygen atoms in total. The molecule has 0 radical (unpaired) electrons. The molecular weight excluding hydrogens is 272 g/mol. The predicted molar refractivity (Wildman–Crippen MR) is 80.6 cm³/mol. The summed E-state index contributed by atoms with van der Waals surface area (Å²) in [5.41, 5.74) is 1.31. The molecule has 0 fully saturated rings. The van der Waals surface area contributed by atoms with Gasteiger partial charge < -0.3 is 15.1 Å². The summed E-state index contributed by atoms with van der Waals surface area (Å²) in [7, 11) is 0. The Balaban J connectivity index is 1.76. The Morgan fingerprint density at radius 2 is 2.20 bits per heavy atom. The molecule has 2 N–H and O–H groups in total. The van der Waals surface area contributed by atoms with Gasteiger partial charge in [0.05, 0.1) is 18.8 Å². The van der Waals surface area contributed by atoms with Crippen molar-refractivity contribution in [2.24, 2.45) is 0 Å². The molecule has 0 saturated carbocycles. The summed E-state index contributed by atoms with van der Waals surface area (Å²) >= 11 is 1.77. The number of thiophene rings is 1. The average Bonchev–Trinajstić information content (AvgIpc) is 3.04. The minimum Gasteiger partial charge on any atom is -0.467 e. The van der Waals surface area contributed by atoms with Crippen LogP contribution >= 0.6 is 11.3 Å². The van der Waals surface area contributed by atoms with Crippen LogP contribution in [0, 0.1) is 13.8 Å². The van der Waals surface area contributed by atoms with Crippen molar-refractivity contribution in [3.63, 3.8) is 0 Å². The van der Waals surface area contributed by atoms with Gasteiger partial charge in [-0.15, -0.1) is 11.3 Å². The standard InChI is InChI=1S/C15H20N2O2S/c1-10-7-14(20-12(10)3)9-16-11(2)15(18)17-8-13-5-4-6-19-13/h4-7,11,16H,8-9H2,1-3H3,(H,17,18). The van der Waals surface area contributed by atoms with Crippen LogP contribution in [0.3, 0.4) is 0 Å². The minimum atomic E-state index is -0.229. The second-order valence-electron chi connectivity index (χ2n) is 4.85. The van der Waals surface area contributed by atoms with Crippen LogP contribution in [-0.4, -0.2) is 11.9 Å². The molecule has 1 unspecified atom stereocenters. The largest absolute Gasteiger partial charge is 0.467 e. The molecule has 0 aliphatic carbocycles. The lowest BCUT2D eigenvalue weighted by Crippen LogP contribution is -2.41. The van der Waals surface area contributed by atoms with Crippen molar-refractivity contribution in [2.45, 2.75) is 39.9 Å². The van der Waals surface area contributed by atoms with Crippen molar-refractivity contribution < 1.29 is 9.21 Å². The van der Waals surface area contributed by atoms with E-state index in [0.717, 1.165) is 5.76 Å². The van der Waals surface area contributed by atoms with E-state index in [1.54, 1.807) is 17.6 Å². The van der Waals surface area contributed by atoms with Gasteiger partial charge in [0.1, 0.15) is 5.76 Å². The SMILES string of the molecule is Cc1cc(CNC(C)C(=O)NCc2ccco2)sc1C. The lowest BCUT2D eigenvalue weighted by Gasteiger charge is -2.12. The fourth-order valence-electron chi connectivity index (χ4n) is 1.82. The van der Waals surface area contributed by atoms with Crippen LogP contribution in [0.1, 0.15) is 28.0 Å². The Bertz CT molecular complexity index is 541. The summed E-state index contributed by atoms with van der Waals surface area (Å²) in [5.74, 6) is 0.737. The topological polar surface area (TPSA) is 54.3 Å². The van der Waals surface area contributed by atoms with Crippen LogP contribution in [0.4, 0.5) is 0 Å². The van der Waals surface area contributed by atoms with Gasteiger partial charge in [-0.1, -0.05) is 0 Å². The monoisotopic (exact) mass is 292 g/mol. The van der Waals surface area contributed by atoms with E-state index in [2.05, 4.69) is 30.5 Å². The molecule has 2 aromatic heterocycles. The zero-order valence-electron chi connectivity index (χ0n) is 12.0. The summed E-state index contributed by atoms with van der Waals surface area (Å²) in [5, 5.41) is 6.08. The Morgan fingerprint density at radius 1 is 1.40 bits per heavy atom. The number of aryl methyl sites for hydroxylation is 2. The summed E-state index contributed by atoms with van der Waals surface area (Å²) < 4.78 is 5.18. The highest BCUT2D eigenvalue weighted by Gasteiger charge is 2.12. The Morgan fingerprint density at radius 3 is 2.80 bits per heavy atom. The molecule has 0 bridgehead atoms. The quantitative estimate of drug-likeness (QED) is 0.861. The average molecular weight is 292 g/mol. The highest BCUT2D eigenvalue weighted by molar-refractivity contribution is 7.12. The summed E-state index contributed by atoms with van der Waals surface area (Å²) in [6, 6.07) is 5.59. The lowest BCUT2D eigenvalue weighted by molar-refractivity contribution is -0.123. The number of nitrogens with one attached hydrogen (secondary N) is 2. The molecule has 0 spiro atoms. The first-order valence-corrected chi connectivity index (χ1v) is 7.47. The van der Waals surface area contributed by atoms with Crippen LogP contribution in [0.25, 0.3) is 0 Å². The van der Waals surface area contributed by atoms with E-state index in [0.29, 0.717) is 13.1 Å². The molecule has 108 valence electrons. The first kappa shape index (κ1) is 14.8. The van der Waals surface area contributed by atoms with Crippen molar-refractivity contribution in [2.75, 3.05) is 0 Å². The van der Waals surface area contributed by atoms with Crippen molar-refractivity contribution in [1.29, 1.82) is 0 Å². The normalized spacial score (nSPS) is 12.3. The second-order valence-corrected chi connectivity index (χ2v) is 6.19. The molecule has 20 heavy (non-hydrogen) atoms. The third kappa shape index (κ3) is 3.95. The van der Waals surface area contributed by atoms with Crippen LogP contribution in [-0.2, 0) is 17.9 Å². The number of hydrogen-bond donors (Lipinski definition) is 2. The number of furan rings is 1. The summed E-state index contributed by atoms with van der Waals surface area (Å²) in [4.78, 5) is 14.5. The van der Waals surface area contributed by atoms with Gasteiger partial charge in [0, 0.05) is 16.3 Å². The highest BCUT2D eigenvalue weighted by Crippen LogP contribution is 2.20. The van der Waals surface area contributed by atoms with Crippen molar-refractivity contribution in [3.05, 3.63) is 45.5 Å². The lowest BCUT2D eigenvalue weighted by atomic mass is 10.2. The van der Waals surface area contributed by atoms with E-state index < -0.39 is 0 Å². The van der Waals surface area contributed by atoms with E-state index in [1.807, 2.05) is 19.1 Å². The van der Waals surface area contributed by atoms with Gasteiger partial charge in [0.2, 0.25) is 5.91 Å². The molecule has 5 heteroatoms. The zero-order valence-corrected chi connectivity index (χ0v) is 12.8. The molecule has 0 saturated heterocycles. The number of hydrogen-bond acceptors (Lipinski definition) is 4. The van der Waals surface area contributed by atoms with Crippen molar-refractivity contribution >= 4 is 17.2 Å². The molecule has 1 amide bonds.